The van der Waals surface area contributed by atoms with Crippen molar-refractivity contribution in [1.29, 1.82) is 0 Å². The van der Waals surface area contributed by atoms with E-state index in [9.17, 15) is 9.59 Å². The fourth-order valence-corrected chi connectivity index (χ4v) is 4.35. The van der Waals surface area contributed by atoms with E-state index in [1.807, 2.05) is 48.5 Å². The van der Waals surface area contributed by atoms with Crippen LogP contribution in [0.5, 0.6) is 5.75 Å². The largest absolute Gasteiger partial charge is 0.497 e. The molecule has 5 nitrogen and oxygen atoms in total. The van der Waals surface area contributed by atoms with Gasteiger partial charge >= 0.3 is 0 Å². The predicted octanol–water partition coefficient (Wildman–Crippen LogP) is 4.88. The van der Waals surface area contributed by atoms with Gasteiger partial charge in [0.25, 0.3) is 10.6 Å². The second-order valence-corrected chi connectivity index (χ2v) is 8.34. The molecule has 2 heterocycles. The van der Waals surface area contributed by atoms with Crippen molar-refractivity contribution in [2.45, 2.75) is 19.9 Å². The third-order valence-corrected chi connectivity index (χ3v) is 5.99. The molecule has 1 atom stereocenters. The normalized spacial score (nSPS) is 12.4. The van der Waals surface area contributed by atoms with Crippen LogP contribution in [-0.4, -0.2) is 18.0 Å². The van der Waals surface area contributed by atoms with Crippen LogP contribution < -0.4 is 14.8 Å². The number of aromatic nitrogens is 1. The van der Waals surface area contributed by atoms with E-state index in [0.717, 1.165) is 38.9 Å². The van der Waals surface area contributed by atoms with E-state index >= 15 is 0 Å². The van der Waals surface area contributed by atoms with Gasteiger partial charge in [-0.25, -0.2) is 0 Å². The molecule has 0 aliphatic rings. The van der Waals surface area contributed by atoms with Gasteiger partial charge in [0, 0.05) is 16.3 Å². The highest BCUT2D eigenvalue weighted by Crippen LogP contribution is 2.27. The Morgan fingerprint density at radius 1 is 1.07 bits per heavy atom. The number of carbonyl (C=O) groups excluding carboxylic acids is 1. The molecule has 148 valence electrons. The average Bonchev–Trinajstić information content (AvgIpc) is 3.11. The standard InChI is InChI=1S/C23H22N2O3S/c1-13(2)20(14-8-10-15(28-3)11-9-14)25-22(26)19-12-17-16-6-4-5-7-18(16)24-21(17)23(27)29-19/h4-13,20,24H,1-3H3,(H,25,26). The van der Waals surface area contributed by atoms with Crippen LogP contribution in [0.15, 0.2) is 59.4 Å². The predicted molar refractivity (Wildman–Crippen MR) is 118 cm³/mol. The van der Waals surface area contributed by atoms with Gasteiger partial charge in [-0.1, -0.05) is 55.5 Å². The summed E-state index contributed by atoms with van der Waals surface area (Å²) in [5.74, 6) is 0.709. The molecular formula is C23H22N2O3S. The fraction of sp³-hybridized carbons (Fsp3) is 0.217. The number of amides is 1. The first-order chi connectivity index (χ1) is 14.0. The highest BCUT2D eigenvalue weighted by molar-refractivity contribution is 7.12. The number of fused-ring (bicyclic) bond motifs is 3. The maximum atomic E-state index is 13.0. The first-order valence-electron chi connectivity index (χ1n) is 9.47. The zero-order valence-electron chi connectivity index (χ0n) is 16.5. The molecule has 6 heteroatoms. The summed E-state index contributed by atoms with van der Waals surface area (Å²) in [5, 5.41) is 4.82. The van der Waals surface area contributed by atoms with Crippen molar-refractivity contribution in [3.63, 3.8) is 0 Å². The first-order valence-corrected chi connectivity index (χ1v) is 10.3. The molecule has 0 saturated heterocycles. The van der Waals surface area contributed by atoms with Gasteiger partial charge in [-0.3, -0.25) is 9.59 Å². The molecule has 0 aliphatic carbocycles. The van der Waals surface area contributed by atoms with E-state index in [2.05, 4.69) is 24.1 Å². The van der Waals surface area contributed by atoms with Crippen molar-refractivity contribution in [3.8, 4) is 5.75 Å². The lowest BCUT2D eigenvalue weighted by atomic mass is 9.96. The molecule has 0 bridgehead atoms. The van der Waals surface area contributed by atoms with Crippen molar-refractivity contribution in [3.05, 3.63) is 74.6 Å². The maximum Gasteiger partial charge on any atom is 0.261 e. The van der Waals surface area contributed by atoms with Gasteiger partial charge in [0.15, 0.2) is 0 Å². The van der Waals surface area contributed by atoms with Crippen LogP contribution in [0.2, 0.25) is 0 Å². The zero-order chi connectivity index (χ0) is 20.5. The van der Waals surface area contributed by atoms with E-state index in [1.54, 1.807) is 13.2 Å². The topological polar surface area (TPSA) is 71.2 Å². The molecular weight excluding hydrogens is 384 g/mol. The molecule has 2 aromatic carbocycles. The molecule has 4 rings (SSSR count). The first kappa shape index (κ1) is 19.2. The zero-order valence-corrected chi connectivity index (χ0v) is 17.3. The molecule has 0 spiro atoms. The average molecular weight is 407 g/mol. The van der Waals surface area contributed by atoms with E-state index in [4.69, 9.17) is 4.74 Å². The van der Waals surface area contributed by atoms with Gasteiger partial charge in [-0.2, -0.15) is 0 Å². The number of aromatic amines is 1. The summed E-state index contributed by atoms with van der Waals surface area (Å²) in [6.45, 7) is 4.11. The molecule has 0 radical (unpaired) electrons. The number of methoxy groups -OCH3 is 1. The number of para-hydroxylation sites is 1. The van der Waals surface area contributed by atoms with Gasteiger partial charge in [0.1, 0.15) is 11.3 Å². The van der Waals surface area contributed by atoms with Crippen LogP contribution in [0.25, 0.3) is 21.8 Å². The minimum atomic E-state index is -0.242. The number of hydrogen-bond acceptors (Lipinski definition) is 4. The van der Waals surface area contributed by atoms with E-state index in [1.165, 1.54) is 0 Å². The third-order valence-electron chi connectivity index (χ3n) is 5.08. The van der Waals surface area contributed by atoms with Crippen molar-refractivity contribution in [2.24, 2.45) is 5.92 Å². The highest BCUT2D eigenvalue weighted by atomic mass is 32.1. The molecule has 4 aromatic rings. The summed E-state index contributed by atoms with van der Waals surface area (Å²) in [5.41, 5.74) is 2.43. The quantitative estimate of drug-likeness (QED) is 0.496. The van der Waals surface area contributed by atoms with E-state index in [-0.39, 0.29) is 22.6 Å². The number of carbonyl (C=O) groups is 1. The maximum absolute atomic E-state index is 13.0. The molecule has 1 amide bonds. The Kier molecular flexibility index (Phi) is 5.11. The van der Waals surface area contributed by atoms with Crippen LogP contribution in [0, 0.1) is 5.92 Å². The number of nitrogens with one attached hydrogen (secondary N) is 2. The van der Waals surface area contributed by atoms with E-state index in [0.29, 0.717) is 10.4 Å². The number of ether oxygens (including phenoxy) is 1. The van der Waals surface area contributed by atoms with Crippen LogP contribution in [0.1, 0.15) is 35.1 Å². The third kappa shape index (κ3) is 3.63. The lowest BCUT2D eigenvalue weighted by molar-refractivity contribution is 0.0929. The molecule has 1 unspecified atom stereocenters. The highest BCUT2D eigenvalue weighted by Gasteiger charge is 2.21. The summed E-state index contributed by atoms with van der Waals surface area (Å²) in [6.07, 6.45) is 0. The molecule has 0 saturated carbocycles. The summed E-state index contributed by atoms with van der Waals surface area (Å²) in [7, 11) is 1.62. The van der Waals surface area contributed by atoms with Crippen LogP contribution >= 0.6 is 11.3 Å². The molecule has 0 aliphatic heterocycles. The molecule has 0 fully saturated rings. The van der Waals surface area contributed by atoms with Crippen molar-refractivity contribution < 1.29 is 9.53 Å². The fourth-order valence-electron chi connectivity index (χ4n) is 3.56. The number of rotatable bonds is 5. The Balaban J connectivity index is 1.69. The van der Waals surface area contributed by atoms with Gasteiger partial charge in [-0.05, 0) is 35.7 Å². The van der Waals surface area contributed by atoms with Gasteiger partial charge in [0.05, 0.1) is 18.0 Å². The Morgan fingerprint density at radius 2 is 1.79 bits per heavy atom. The second-order valence-electron chi connectivity index (χ2n) is 7.33. The number of H-pyrrole nitrogens is 1. The minimum Gasteiger partial charge on any atom is -0.497 e. The van der Waals surface area contributed by atoms with Crippen molar-refractivity contribution in [1.82, 2.24) is 10.3 Å². The minimum absolute atomic E-state index is 0.144. The Hall–Kier alpha value is -3.12. The Bertz CT molecular complexity index is 1240. The number of benzene rings is 2. The molecule has 29 heavy (non-hydrogen) atoms. The van der Waals surface area contributed by atoms with Gasteiger partial charge in [0.2, 0.25) is 0 Å². The smallest absolute Gasteiger partial charge is 0.261 e. The molecule has 2 N–H and O–H groups in total. The van der Waals surface area contributed by atoms with Gasteiger partial charge < -0.3 is 15.0 Å². The van der Waals surface area contributed by atoms with Crippen LogP contribution in [0.3, 0.4) is 0 Å². The lowest BCUT2D eigenvalue weighted by Gasteiger charge is -2.23. The Morgan fingerprint density at radius 3 is 2.48 bits per heavy atom. The molecule has 2 aromatic heterocycles. The number of hydrogen-bond donors (Lipinski definition) is 2. The summed E-state index contributed by atoms with van der Waals surface area (Å²) >= 11 is 0.966. The summed E-state index contributed by atoms with van der Waals surface area (Å²) in [4.78, 5) is 29.2. The lowest BCUT2D eigenvalue weighted by Crippen LogP contribution is -2.31. The SMILES string of the molecule is COc1ccc(C(NC(=O)c2cc3c([nH]c4ccccc43)c(=O)s2)C(C)C)cc1. The Labute approximate surface area is 172 Å². The van der Waals surface area contributed by atoms with Crippen molar-refractivity contribution >= 4 is 39.0 Å². The van der Waals surface area contributed by atoms with Crippen LogP contribution in [0.4, 0.5) is 0 Å². The van der Waals surface area contributed by atoms with Crippen LogP contribution in [-0.2, 0) is 0 Å². The van der Waals surface area contributed by atoms with Gasteiger partial charge in [-0.15, -0.1) is 0 Å². The van der Waals surface area contributed by atoms with E-state index < -0.39 is 0 Å². The summed E-state index contributed by atoms with van der Waals surface area (Å²) < 4.78 is 5.07. The second kappa shape index (κ2) is 7.72. The van der Waals surface area contributed by atoms with Crippen molar-refractivity contribution in [2.75, 3.05) is 7.11 Å². The monoisotopic (exact) mass is 406 g/mol. The summed E-state index contributed by atoms with van der Waals surface area (Å²) in [6, 6.07) is 17.0.